The lowest BCUT2D eigenvalue weighted by Gasteiger charge is -2.28. The molecule has 11 heteroatoms. The SMILES string of the molecule is Cl.Clc1ccc(CNc2nc(C3CCCCC3)nc(N3CCCCC3)n2)cc1.N.N.N.N.[HH].[HH].[HH].[HH]. The van der Waals surface area contributed by atoms with Gasteiger partial charge in [-0.15, -0.1) is 12.4 Å². The van der Waals surface area contributed by atoms with E-state index in [1.165, 1.54) is 56.9 Å². The van der Waals surface area contributed by atoms with Crippen molar-refractivity contribution in [1.82, 2.24) is 39.6 Å². The van der Waals surface area contributed by atoms with Gasteiger partial charge in [-0.3, -0.25) is 0 Å². The molecule has 2 aromatic rings. The number of halogens is 2. The lowest BCUT2D eigenvalue weighted by molar-refractivity contribution is 0.427. The van der Waals surface area contributed by atoms with Gasteiger partial charge in [0.1, 0.15) is 5.82 Å². The van der Waals surface area contributed by atoms with Gasteiger partial charge in [-0.2, -0.15) is 15.0 Å². The first-order valence-electron chi connectivity index (χ1n) is 10.3. The van der Waals surface area contributed by atoms with Crippen LogP contribution in [0.5, 0.6) is 0 Å². The van der Waals surface area contributed by atoms with Crippen LogP contribution in [0.4, 0.5) is 11.9 Å². The van der Waals surface area contributed by atoms with Crippen LogP contribution < -0.4 is 34.8 Å². The van der Waals surface area contributed by atoms with E-state index >= 15 is 0 Å². The molecular formula is C21H49Cl2N9. The minimum absolute atomic E-state index is 0. The standard InChI is InChI=1S/C21H28ClN5.ClH.4H3N.4H2/c22-18-11-9-16(10-12-18)15-23-20-24-19(17-7-3-1-4-8-17)25-21(26-20)27-13-5-2-6-14-27;;;;;;;;;/h9-12,17H,1-8,13-15H2,(H,23,24,25,26);1H;4*1H3;4*1H. The van der Waals surface area contributed by atoms with E-state index in [1.54, 1.807) is 0 Å². The van der Waals surface area contributed by atoms with E-state index in [2.05, 4.69) is 10.2 Å². The molecule has 2 fully saturated rings. The second kappa shape index (κ2) is 16.0. The zero-order valence-corrected chi connectivity index (χ0v) is 20.6. The van der Waals surface area contributed by atoms with Crippen LogP contribution in [0.3, 0.4) is 0 Å². The Labute approximate surface area is 209 Å². The van der Waals surface area contributed by atoms with Crippen molar-refractivity contribution >= 4 is 35.9 Å². The van der Waals surface area contributed by atoms with E-state index in [0.29, 0.717) is 18.4 Å². The Balaban J connectivity index is -0.000000250. The zero-order chi connectivity index (χ0) is 18.5. The molecule has 9 nitrogen and oxygen atoms in total. The first-order valence-corrected chi connectivity index (χ1v) is 10.6. The first-order chi connectivity index (χ1) is 13.3. The molecule has 0 amide bonds. The Bertz CT molecular complexity index is 731. The zero-order valence-electron chi connectivity index (χ0n) is 19.1. The van der Waals surface area contributed by atoms with Crippen molar-refractivity contribution in [2.45, 2.75) is 63.8 Å². The molecule has 0 spiro atoms. The summed E-state index contributed by atoms with van der Waals surface area (Å²) in [7, 11) is 0. The largest absolute Gasteiger partial charge is 0.350 e. The van der Waals surface area contributed by atoms with Crippen LogP contribution in [0, 0.1) is 0 Å². The molecule has 0 bridgehead atoms. The molecule has 1 aliphatic carbocycles. The molecule has 0 radical (unpaired) electrons. The van der Waals surface area contributed by atoms with Crippen LogP contribution in [0.15, 0.2) is 24.3 Å². The summed E-state index contributed by atoms with van der Waals surface area (Å²) in [6, 6.07) is 7.89. The van der Waals surface area contributed by atoms with E-state index in [1.807, 2.05) is 24.3 Å². The number of benzene rings is 1. The van der Waals surface area contributed by atoms with Crippen LogP contribution >= 0.6 is 24.0 Å². The fraction of sp³-hybridized carbons (Fsp3) is 0.571. The Morgan fingerprint density at radius 3 is 2.06 bits per heavy atom. The lowest BCUT2D eigenvalue weighted by atomic mass is 9.89. The number of aromatic nitrogens is 3. The first kappa shape index (κ1) is 32.4. The monoisotopic (exact) mass is 497 g/mol. The van der Waals surface area contributed by atoms with E-state index in [0.717, 1.165) is 29.9 Å². The number of piperidine rings is 1. The Morgan fingerprint density at radius 2 is 1.44 bits per heavy atom. The van der Waals surface area contributed by atoms with Crippen molar-refractivity contribution in [2.75, 3.05) is 23.3 Å². The summed E-state index contributed by atoms with van der Waals surface area (Å²) < 4.78 is 0. The van der Waals surface area contributed by atoms with Crippen LogP contribution in [0.1, 0.15) is 74.4 Å². The van der Waals surface area contributed by atoms with Crippen molar-refractivity contribution < 1.29 is 5.71 Å². The molecule has 32 heavy (non-hydrogen) atoms. The fourth-order valence-electron chi connectivity index (χ4n) is 4.02. The minimum atomic E-state index is 0. The summed E-state index contributed by atoms with van der Waals surface area (Å²) in [5, 5.41) is 4.16. The average molecular weight is 499 g/mol. The highest BCUT2D eigenvalue weighted by atomic mass is 35.5. The molecule has 0 atom stereocenters. The molecule has 1 saturated heterocycles. The molecule has 13 N–H and O–H groups in total. The van der Waals surface area contributed by atoms with E-state index in [4.69, 9.17) is 26.6 Å². The molecule has 0 unspecified atom stereocenters. The van der Waals surface area contributed by atoms with Gasteiger partial charge in [0, 0.05) is 36.3 Å². The topological polar surface area (TPSA) is 194 Å². The van der Waals surface area contributed by atoms with Crippen LogP contribution in [0.2, 0.25) is 5.02 Å². The van der Waals surface area contributed by atoms with Gasteiger partial charge < -0.3 is 34.8 Å². The summed E-state index contributed by atoms with van der Waals surface area (Å²) in [4.78, 5) is 16.8. The van der Waals surface area contributed by atoms with Gasteiger partial charge in [0.15, 0.2) is 0 Å². The van der Waals surface area contributed by atoms with Crippen LogP contribution in [-0.4, -0.2) is 28.0 Å². The van der Waals surface area contributed by atoms with Gasteiger partial charge >= 0.3 is 0 Å². The fourth-order valence-corrected chi connectivity index (χ4v) is 4.15. The minimum Gasteiger partial charge on any atom is -0.350 e. The summed E-state index contributed by atoms with van der Waals surface area (Å²) in [5.41, 5.74) is 1.17. The second-order valence-corrected chi connectivity index (χ2v) is 8.12. The number of nitrogens with one attached hydrogen (secondary N) is 1. The van der Waals surface area contributed by atoms with Gasteiger partial charge in [-0.1, -0.05) is 43.0 Å². The maximum absolute atomic E-state index is 5.98. The van der Waals surface area contributed by atoms with Gasteiger partial charge in [-0.25, -0.2) is 0 Å². The number of anilines is 2. The van der Waals surface area contributed by atoms with Crippen molar-refractivity contribution in [2.24, 2.45) is 0 Å². The molecule has 2 heterocycles. The maximum atomic E-state index is 5.98. The van der Waals surface area contributed by atoms with E-state index in [-0.39, 0.29) is 42.7 Å². The van der Waals surface area contributed by atoms with E-state index in [9.17, 15) is 0 Å². The van der Waals surface area contributed by atoms with Gasteiger partial charge in [0.2, 0.25) is 11.9 Å². The van der Waals surface area contributed by atoms with Crippen molar-refractivity contribution in [3.8, 4) is 0 Å². The van der Waals surface area contributed by atoms with Gasteiger partial charge in [-0.05, 0) is 49.8 Å². The molecular weight excluding hydrogens is 449 g/mol. The number of hydrogen-bond donors (Lipinski definition) is 5. The summed E-state index contributed by atoms with van der Waals surface area (Å²) >= 11 is 5.98. The van der Waals surface area contributed by atoms with E-state index < -0.39 is 0 Å². The quantitative estimate of drug-likeness (QED) is 0.282. The number of nitrogens with zero attached hydrogens (tertiary/aromatic N) is 4. The molecule has 2 aliphatic rings. The Kier molecular flexibility index (Phi) is 16.2. The maximum Gasteiger partial charge on any atom is 0.230 e. The molecule has 192 valence electrons. The summed E-state index contributed by atoms with van der Waals surface area (Å²) in [5.74, 6) is 3.00. The third-order valence-electron chi connectivity index (χ3n) is 5.61. The number of rotatable bonds is 5. The third kappa shape index (κ3) is 8.65. The van der Waals surface area contributed by atoms with Gasteiger partial charge in [0.25, 0.3) is 0 Å². The summed E-state index contributed by atoms with van der Waals surface area (Å²) in [6.45, 7) is 2.78. The average Bonchev–Trinajstić information content (AvgIpc) is 2.74. The lowest BCUT2D eigenvalue weighted by Crippen LogP contribution is -2.32. The summed E-state index contributed by atoms with van der Waals surface area (Å²) in [6.07, 6.45) is 10.0. The van der Waals surface area contributed by atoms with Gasteiger partial charge in [0.05, 0.1) is 0 Å². The smallest absolute Gasteiger partial charge is 0.230 e. The normalized spacial score (nSPS) is 15.6. The molecule has 1 aromatic heterocycles. The van der Waals surface area contributed by atoms with Crippen molar-refractivity contribution in [3.63, 3.8) is 0 Å². The molecule has 4 rings (SSSR count). The van der Waals surface area contributed by atoms with Crippen molar-refractivity contribution in [1.29, 1.82) is 0 Å². The Morgan fingerprint density at radius 1 is 0.844 bits per heavy atom. The highest BCUT2D eigenvalue weighted by Crippen LogP contribution is 2.32. The molecule has 1 aliphatic heterocycles. The second-order valence-electron chi connectivity index (χ2n) is 7.68. The van der Waals surface area contributed by atoms with Crippen molar-refractivity contribution in [3.05, 3.63) is 40.7 Å². The predicted molar refractivity (Wildman–Crippen MR) is 146 cm³/mol. The molecule has 1 aromatic carbocycles. The van der Waals surface area contributed by atoms with Crippen LogP contribution in [0.25, 0.3) is 0 Å². The molecule has 1 saturated carbocycles. The predicted octanol–water partition coefficient (Wildman–Crippen LogP) is 7.23. The third-order valence-corrected chi connectivity index (χ3v) is 5.87. The van der Waals surface area contributed by atoms with Crippen LogP contribution in [-0.2, 0) is 6.54 Å². The highest BCUT2D eigenvalue weighted by molar-refractivity contribution is 6.30. The number of hydrogen-bond acceptors (Lipinski definition) is 9. The highest BCUT2D eigenvalue weighted by Gasteiger charge is 2.22. The Hall–Kier alpha value is -1.75.